The Morgan fingerprint density at radius 1 is 1.42 bits per heavy atom. The molecule has 0 radical (unpaired) electrons. The summed E-state index contributed by atoms with van der Waals surface area (Å²) in [5.41, 5.74) is -1.09. The minimum Gasteiger partial charge on any atom is -0.465 e. The second kappa shape index (κ2) is 4.90. The summed E-state index contributed by atoms with van der Waals surface area (Å²) in [6.45, 7) is 0. The van der Waals surface area contributed by atoms with Crippen molar-refractivity contribution in [1.82, 2.24) is 0 Å². The lowest BCUT2D eigenvalue weighted by Crippen LogP contribution is -2.32. The van der Waals surface area contributed by atoms with Crippen molar-refractivity contribution >= 4 is 12.0 Å². The monoisotopic (exact) mass is 267 g/mol. The number of isocyanates is 1. The summed E-state index contributed by atoms with van der Waals surface area (Å²) in [5.74, 6) is -3.40. The lowest BCUT2D eigenvalue weighted by molar-refractivity contribution is 0.0593. The first-order valence-electron chi connectivity index (χ1n) is 5.71. The number of rotatable bonds is 3. The van der Waals surface area contributed by atoms with Crippen LogP contribution in [0.1, 0.15) is 35.2 Å². The van der Waals surface area contributed by atoms with Crippen LogP contribution in [0.3, 0.4) is 0 Å². The highest BCUT2D eigenvalue weighted by Crippen LogP contribution is 2.45. The number of nitrogens with zero attached hydrogens (tertiary/aromatic N) is 1. The molecule has 1 saturated carbocycles. The second-order valence-electron chi connectivity index (χ2n) is 4.40. The lowest BCUT2D eigenvalue weighted by atomic mass is 9.72. The normalized spacial score (nSPS) is 16.2. The summed E-state index contributed by atoms with van der Waals surface area (Å²) in [7, 11) is 1.08. The van der Waals surface area contributed by atoms with E-state index in [4.69, 9.17) is 0 Å². The molecule has 19 heavy (non-hydrogen) atoms. The topological polar surface area (TPSA) is 55.7 Å². The third-order valence-corrected chi connectivity index (χ3v) is 3.41. The molecule has 0 aromatic heterocycles. The number of benzene rings is 1. The Morgan fingerprint density at radius 3 is 2.58 bits per heavy atom. The van der Waals surface area contributed by atoms with E-state index in [0.29, 0.717) is 18.4 Å². The van der Waals surface area contributed by atoms with Crippen LogP contribution >= 0.6 is 0 Å². The number of hydrogen-bond acceptors (Lipinski definition) is 4. The zero-order valence-electron chi connectivity index (χ0n) is 10.2. The molecule has 0 N–H and O–H groups in total. The van der Waals surface area contributed by atoms with E-state index in [2.05, 4.69) is 9.73 Å². The fourth-order valence-corrected chi connectivity index (χ4v) is 2.18. The number of ether oxygens (including phenoxy) is 1. The van der Waals surface area contributed by atoms with Gasteiger partial charge in [0.05, 0.1) is 18.2 Å². The van der Waals surface area contributed by atoms with Crippen LogP contribution < -0.4 is 0 Å². The number of halogens is 2. The summed E-state index contributed by atoms with van der Waals surface area (Å²) in [5, 5.41) is 0. The van der Waals surface area contributed by atoms with Gasteiger partial charge in [0, 0.05) is 0 Å². The molecule has 0 aliphatic heterocycles. The molecular weight excluding hydrogens is 256 g/mol. The average Bonchev–Trinajstić information content (AvgIpc) is 2.36. The summed E-state index contributed by atoms with van der Waals surface area (Å²) < 4.78 is 31.5. The fraction of sp³-hybridized carbons (Fsp3) is 0.385. The third-order valence-electron chi connectivity index (χ3n) is 3.41. The van der Waals surface area contributed by atoms with Gasteiger partial charge in [-0.05, 0) is 37.0 Å². The highest BCUT2D eigenvalue weighted by atomic mass is 19.2. The predicted molar refractivity (Wildman–Crippen MR) is 61.3 cm³/mol. The number of carbonyl (C=O) groups is 1. The molecule has 0 saturated heterocycles. The van der Waals surface area contributed by atoms with Gasteiger partial charge < -0.3 is 4.74 Å². The van der Waals surface area contributed by atoms with Gasteiger partial charge in [0.1, 0.15) is 0 Å². The minimum atomic E-state index is -1.26. The maximum absolute atomic E-state index is 13.5. The molecule has 100 valence electrons. The molecule has 1 fully saturated rings. The van der Waals surface area contributed by atoms with Gasteiger partial charge in [-0.15, -0.1) is 0 Å². The minimum absolute atomic E-state index is 0.293. The average molecular weight is 267 g/mol. The van der Waals surface area contributed by atoms with Gasteiger partial charge in [-0.2, -0.15) is 4.99 Å². The van der Waals surface area contributed by atoms with Crippen molar-refractivity contribution < 1.29 is 23.1 Å². The van der Waals surface area contributed by atoms with Gasteiger partial charge in [-0.3, -0.25) is 0 Å². The highest BCUT2D eigenvalue weighted by Gasteiger charge is 2.40. The Labute approximate surface area is 108 Å². The van der Waals surface area contributed by atoms with Crippen LogP contribution in [0.4, 0.5) is 8.78 Å². The molecule has 0 atom stereocenters. The molecule has 1 aliphatic carbocycles. The number of methoxy groups -OCH3 is 1. The molecule has 0 bridgehead atoms. The zero-order chi connectivity index (χ0) is 14.0. The van der Waals surface area contributed by atoms with Gasteiger partial charge in [0.15, 0.2) is 11.6 Å². The standard InChI is InChI=1S/C13H11F2NO3/c1-19-12(18)9-5-8(6-10(14)11(9)15)13(16-7-17)3-2-4-13/h5-6H,2-4H2,1H3. The lowest BCUT2D eigenvalue weighted by Gasteiger charge is -2.37. The Morgan fingerprint density at radius 2 is 2.11 bits per heavy atom. The van der Waals surface area contributed by atoms with Gasteiger partial charge in [0.2, 0.25) is 6.08 Å². The van der Waals surface area contributed by atoms with Crippen LogP contribution in [0.2, 0.25) is 0 Å². The molecule has 0 amide bonds. The maximum Gasteiger partial charge on any atom is 0.340 e. The molecule has 1 aliphatic rings. The van der Waals surface area contributed by atoms with Gasteiger partial charge in [-0.25, -0.2) is 18.4 Å². The second-order valence-corrected chi connectivity index (χ2v) is 4.40. The Balaban J connectivity index is 2.56. The van der Waals surface area contributed by atoms with Crippen molar-refractivity contribution in [1.29, 1.82) is 0 Å². The highest BCUT2D eigenvalue weighted by molar-refractivity contribution is 5.90. The van der Waals surface area contributed by atoms with Crippen molar-refractivity contribution in [2.24, 2.45) is 4.99 Å². The first-order chi connectivity index (χ1) is 9.04. The maximum atomic E-state index is 13.5. The molecule has 1 aromatic rings. The number of hydrogen-bond donors (Lipinski definition) is 0. The smallest absolute Gasteiger partial charge is 0.340 e. The molecule has 0 heterocycles. The quantitative estimate of drug-likeness (QED) is 0.480. The first-order valence-corrected chi connectivity index (χ1v) is 5.71. The SMILES string of the molecule is COC(=O)c1cc(C2(N=C=O)CCC2)cc(F)c1F. The molecular formula is C13H11F2NO3. The molecule has 4 nitrogen and oxygen atoms in total. The van der Waals surface area contributed by atoms with Gasteiger partial charge >= 0.3 is 5.97 Å². The fourth-order valence-electron chi connectivity index (χ4n) is 2.18. The molecule has 6 heteroatoms. The van der Waals surface area contributed by atoms with Crippen LogP contribution in [0, 0.1) is 11.6 Å². The van der Waals surface area contributed by atoms with Crippen LogP contribution in [-0.2, 0) is 15.1 Å². The van der Waals surface area contributed by atoms with Crippen molar-refractivity contribution in [3.63, 3.8) is 0 Å². The summed E-state index contributed by atoms with van der Waals surface area (Å²) in [6, 6.07) is 2.14. The van der Waals surface area contributed by atoms with Gasteiger partial charge in [0.25, 0.3) is 0 Å². The molecule has 0 unspecified atom stereocenters. The van der Waals surface area contributed by atoms with E-state index in [1.807, 2.05) is 0 Å². The number of carbonyl (C=O) groups excluding carboxylic acids is 2. The van der Waals surface area contributed by atoms with Crippen LogP contribution in [0.5, 0.6) is 0 Å². The summed E-state index contributed by atoms with van der Waals surface area (Å²) in [4.78, 5) is 25.5. The Kier molecular flexibility index (Phi) is 3.44. The molecule has 1 aromatic carbocycles. The first kappa shape index (κ1) is 13.4. The van der Waals surface area contributed by atoms with E-state index in [1.165, 1.54) is 12.1 Å². The predicted octanol–water partition coefficient (Wildman–Crippen LogP) is 2.47. The van der Waals surface area contributed by atoms with Crippen LogP contribution in [-0.4, -0.2) is 19.2 Å². The van der Waals surface area contributed by atoms with E-state index in [1.54, 1.807) is 0 Å². The van der Waals surface area contributed by atoms with Crippen LogP contribution in [0.15, 0.2) is 17.1 Å². The number of aliphatic imine (C=N–C) groups is 1. The summed E-state index contributed by atoms with van der Waals surface area (Å²) in [6.07, 6.45) is 3.34. The third kappa shape index (κ3) is 2.15. The van der Waals surface area contributed by atoms with Crippen molar-refractivity contribution in [3.05, 3.63) is 34.9 Å². The largest absolute Gasteiger partial charge is 0.465 e. The van der Waals surface area contributed by atoms with Crippen molar-refractivity contribution in [3.8, 4) is 0 Å². The molecule has 2 rings (SSSR count). The van der Waals surface area contributed by atoms with E-state index < -0.39 is 28.7 Å². The summed E-state index contributed by atoms with van der Waals surface area (Å²) >= 11 is 0. The van der Waals surface area contributed by atoms with Crippen LogP contribution in [0.25, 0.3) is 0 Å². The van der Waals surface area contributed by atoms with Crippen molar-refractivity contribution in [2.75, 3.05) is 7.11 Å². The Bertz CT molecular complexity index is 575. The zero-order valence-corrected chi connectivity index (χ0v) is 10.2. The molecule has 0 spiro atoms. The van der Waals surface area contributed by atoms with E-state index in [0.717, 1.165) is 19.6 Å². The van der Waals surface area contributed by atoms with E-state index in [9.17, 15) is 18.4 Å². The van der Waals surface area contributed by atoms with Crippen molar-refractivity contribution in [2.45, 2.75) is 24.8 Å². The Hall–Kier alpha value is -2.07. The van der Waals surface area contributed by atoms with E-state index in [-0.39, 0.29) is 0 Å². The van der Waals surface area contributed by atoms with Gasteiger partial charge in [-0.1, -0.05) is 0 Å². The number of esters is 1. The van der Waals surface area contributed by atoms with E-state index >= 15 is 0 Å².